The van der Waals surface area contributed by atoms with Gasteiger partial charge in [0.2, 0.25) is 0 Å². The summed E-state index contributed by atoms with van der Waals surface area (Å²) >= 11 is 1.82. The quantitative estimate of drug-likeness (QED) is 0.718. The lowest BCUT2D eigenvalue weighted by molar-refractivity contribution is 0.199. The molecule has 0 amide bonds. The van der Waals surface area contributed by atoms with Crippen molar-refractivity contribution in [1.82, 2.24) is 5.32 Å². The van der Waals surface area contributed by atoms with Gasteiger partial charge in [-0.15, -0.1) is 11.3 Å². The average Bonchev–Trinajstić information content (AvgIpc) is 3.03. The van der Waals surface area contributed by atoms with E-state index in [1.165, 1.54) is 16.1 Å². The SMILES string of the molecule is CCN(Cc1cccs1)c1ccccc1CNCCOC. The number of hydrogen-bond donors (Lipinski definition) is 1. The largest absolute Gasteiger partial charge is 0.383 e. The first-order chi connectivity index (χ1) is 10.3. The molecule has 0 fully saturated rings. The minimum absolute atomic E-state index is 0.745. The van der Waals surface area contributed by atoms with E-state index in [0.29, 0.717) is 0 Å². The molecule has 114 valence electrons. The Bertz CT molecular complexity index is 513. The summed E-state index contributed by atoms with van der Waals surface area (Å²) in [6.07, 6.45) is 0. The smallest absolute Gasteiger partial charge is 0.0587 e. The summed E-state index contributed by atoms with van der Waals surface area (Å²) in [6, 6.07) is 13.0. The summed E-state index contributed by atoms with van der Waals surface area (Å²) in [4.78, 5) is 3.83. The number of rotatable bonds is 9. The van der Waals surface area contributed by atoms with E-state index < -0.39 is 0 Å². The average molecular weight is 304 g/mol. The summed E-state index contributed by atoms with van der Waals surface area (Å²) in [5, 5.41) is 5.57. The Labute approximate surface area is 131 Å². The van der Waals surface area contributed by atoms with Crippen LogP contribution in [0.4, 0.5) is 5.69 Å². The van der Waals surface area contributed by atoms with Crippen molar-refractivity contribution in [2.75, 3.05) is 31.7 Å². The van der Waals surface area contributed by atoms with Gasteiger partial charge in [-0.2, -0.15) is 0 Å². The molecule has 0 aliphatic carbocycles. The van der Waals surface area contributed by atoms with Crippen LogP contribution in [0.5, 0.6) is 0 Å². The van der Waals surface area contributed by atoms with Gasteiger partial charge in [0.05, 0.1) is 13.2 Å². The van der Waals surface area contributed by atoms with Crippen molar-refractivity contribution in [3.8, 4) is 0 Å². The van der Waals surface area contributed by atoms with Crippen LogP contribution in [0, 0.1) is 0 Å². The normalized spacial score (nSPS) is 10.8. The molecule has 0 saturated carbocycles. The number of nitrogens with zero attached hydrogens (tertiary/aromatic N) is 1. The Morgan fingerprint density at radius 3 is 2.76 bits per heavy atom. The van der Waals surface area contributed by atoms with E-state index in [9.17, 15) is 0 Å². The van der Waals surface area contributed by atoms with Crippen molar-refractivity contribution in [1.29, 1.82) is 0 Å². The lowest BCUT2D eigenvalue weighted by atomic mass is 10.1. The van der Waals surface area contributed by atoms with Crippen molar-refractivity contribution < 1.29 is 4.74 Å². The van der Waals surface area contributed by atoms with Crippen molar-refractivity contribution in [2.45, 2.75) is 20.0 Å². The third-order valence-electron chi connectivity index (χ3n) is 3.44. The second-order valence-corrected chi connectivity index (χ2v) is 5.92. The number of anilines is 1. The van der Waals surface area contributed by atoms with Gasteiger partial charge in [0.1, 0.15) is 0 Å². The zero-order valence-corrected chi connectivity index (χ0v) is 13.7. The molecule has 0 atom stereocenters. The molecule has 0 unspecified atom stereocenters. The molecule has 1 N–H and O–H groups in total. The standard InChI is InChI=1S/C17H24N2OS/c1-3-19(14-16-8-6-12-21-16)17-9-5-4-7-15(17)13-18-10-11-20-2/h4-9,12,18H,3,10-11,13-14H2,1-2H3. The maximum atomic E-state index is 5.08. The van der Waals surface area contributed by atoms with E-state index in [1.54, 1.807) is 7.11 Å². The zero-order valence-electron chi connectivity index (χ0n) is 12.8. The Kier molecular flexibility index (Phi) is 6.73. The molecule has 3 nitrogen and oxygen atoms in total. The van der Waals surface area contributed by atoms with Crippen LogP contribution in [0.2, 0.25) is 0 Å². The first-order valence-corrected chi connectivity index (χ1v) is 8.28. The van der Waals surface area contributed by atoms with Crippen LogP contribution in [0.25, 0.3) is 0 Å². The van der Waals surface area contributed by atoms with Crippen molar-refractivity contribution in [3.05, 3.63) is 52.2 Å². The predicted octanol–water partition coefficient (Wildman–Crippen LogP) is 3.51. The molecule has 0 aliphatic heterocycles. The summed E-state index contributed by atoms with van der Waals surface area (Å²) in [5.74, 6) is 0. The predicted molar refractivity (Wildman–Crippen MR) is 91.1 cm³/mol. The molecule has 0 radical (unpaired) electrons. The summed E-state index contributed by atoms with van der Waals surface area (Å²) in [5.41, 5.74) is 2.66. The van der Waals surface area contributed by atoms with Gasteiger partial charge in [0, 0.05) is 37.3 Å². The molecule has 0 spiro atoms. The molecule has 0 saturated heterocycles. The third kappa shape index (κ3) is 4.84. The van der Waals surface area contributed by atoms with E-state index in [0.717, 1.165) is 32.8 Å². The highest BCUT2D eigenvalue weighted by atomic mass is 32.1. The zero-order chi connectivity index (χ0) is 14.9. The monoisotopic (exact) mass is 304 g/mol. The van der Waals surface area contributed by atoms with Crippen LogP contribution < -0.4 is 10.2 Å². The number of nitrogens with one attached hydrogen (secondary N) is 1. The summed E-state index contributed by atoms with van der Waals surface area (Å²) < 4.78 is 5.08. The van der Waals surface area contributed by atoms with Gasteiger partial charge in [-0.1, -0.05) is 24.3 Å². The molecule has 4 heteroatoms. The number of para-hydroxylation sites is 1. The fraction of sp³-hybridized carbons (Fsp3) is 0.412. The summed E-state index contributed by atoms with van der Waals surface area (Å²) in [7, 11) is 1.73. The van der Waals surface area contributed by atoms with E-state index in [2.05, 4.69) is 58.9 Å². The van der Waals surface area contributed by atoms with E-state index in [1.807, 2.05) is 11.3 Å². The van der Waals surface area contributed by atoms with Crippen molar-refractivity contribution >= 4 is 17.0 Å². The molecule has 0 bridgehead atoms. The van der Waals surface area contributed by atoms with Gasteiger partial charge >= 0.3 is 0 Å². The molecule has 1 heterocycles. The van der Waals surface area contributed by atoms with E-state index in [-0.39, 0.29) is 0 Å². The first-order valence-electron chi connectivity index (χ1n) is 7.40. The van der Waals surface area contributed by atoms with Gasteiger partial charge in [-0.3, -0.25) is 0 Å². The number of benzene rings is 1. The van der Waals surface area contributed by atoms with Crippen LogP contribution in [0.15, 0.2) is 41.8 Å². The van der Waals surface area contributed by atoms with E-state index >= 15 is 0 Å². The Balaban J connectivity index is 2.05. The van der Waals surface area contributed by atoms with Crippen LogP contribution in [0.3, 0.4) is 0 Å². The lowest BCUT2D eigenvalue weighted by Gasteiger charge is -2.25. The molecular formula is C17H24N2OS. The Morgan fingerprint density at radius 1 is 1.19 bits per heavy atom. The Hall–Kier alpha value is -1.36. The highest BCUT2D eigenvalue weighted by molar-refractivity contribution is 7.09. The fourth-order valence-corrected chi connectivity index (χ4v) is 3.04. The van der Waals surface area contributed by atoms with Gasteiger partial charge < -0.3 is 15.0 Å². The number of thiophene rings is 1. The van der Waals surface area contributed by atoms with Crippen molar-refractivity contribution in [2.24, 2.45) is 0 Å². The fourth-order valence-electron chi connectivity index (χ4n) is 2.32. The topological polar surface area (TPSA) is 24.5 Å². The van der Waals surface area contributed by atoms with Gasteiger partial charge in [0.15, 0.2) is 0 Å². The van der Waals surface area contributed by atoms with Gasteiger partial charge in [-0.05, 0) is 30.0 Å². The van der Waals surface area contributed by atoms with E-state index in [4.69, 9.17) is 4.74 Å². The maximum absolute atomic E-state index is 5.08. The number of ether oxygens (including phenoxy) is 1. The minimum Gasteiger partial charge on any atom is -0.383 e. The highest BCUT2D eigenvalue weighted by Gasteiger charge is 2.10. The van der Waals surface area contributed by atoms with Crippen molar-refractivity contribution in [3.63, 3.8) is 0 Å². The summed E-state index contributed by atoms with van der Waals surface area (Å²) in [6.45, 7) is 6.69. The van der Waals surface area contributed by atoms with Crippen LogP contribution in [-0.2, 0) is 17.8 Å². The molecule has 2 rings (SSSR count). The second-order valence-electron chi connectivity index (χ2n) is 4.89. The van der Waals surface area contributed by atoms with Gasteiger partial charge in [0.25, 0.3) is 0 Å². The van der Waals surface area contributed by atoms with Crippen LogP contribution >= 0.6 is 11.3 Å². The highest BCUT2D eigenvalue weighted by Crippen LogP contribution is 2.23. The van der Waals surface area contributed by atoms with Crippen LogP contribution in [-0.4, -0.2) is 26.8 Å². The van der Waals surface area contributed by atoms with Gasteiger partial charge in [-0.25, -0.2) is 0 Å². The molecule has 0 aliphatic rings. The maximum Gasteiger partial charge on any atom is 0.0587 e. The number of hydrogen-bond acceptors (Lipinski definition) is 4. The molecule has 21 heavy (non-hydrogen) atoms. The molecule has 1 aromatic carbocycles. The lowest BCUT2D eigenvalue weighted by Crippen LogP contribution is -2.25. The Morgan fingerprint density at radius 2 is 2.05 bits per heavy atom. The minimum atomic E-state index is 0.745. The molecule has 1 aromatic heterocycles. The first kappa shape index (κ1) is 16.0. The number of methoxy groups -OCH3 is 1. The molecule has 2 aromatic rings. The third-order valence-corrected chi connectivity index (χ3v) is 4.30. The molecular weight excluding hydrogens is 280 g/mol. The van der Waals surface area contributed by atoms with Crippen LogP contribution in [0.1, 0.15) is 17.4 Å². The second kappa shape index (κ2) is 8.82.